The maximum atomic E-state index is 12.7. The number of carbonyl (C=O) groups is 2. The predicted molar refractivity (Wildman–Crippen MR) is 114 cm³/mol. The van der Waals surface area contributed by atoms with Gasteiger partial charge in [-0.3, -0.25) is 9.59 Å². The van der Waals surface area contributed by atoms with Crippen LogP contribution in [0, 0.1) is 0 Å². The minimum Gasteiger partial charge on any atom is -0.469 e. The number of esters is 1. The molecule has 0 fully saturated rings. The van der Waals surface area contributed by atoms with E-state index < -0.39 is 21.2 Å². The quantitative estimate of drug-likeness (QED) is 0.255. The molecule has 0 radical (unpaired) electrons. The molecule has 0 heterocycles. The summed E-state index contributed by atoms with van der Waals surface area (Å²) in [6, 6.07) is 0. The van der Waals surface area contributed by atoms with Crippen molar-refractivity contribution in [2.24, 2.45) is 0 Å². The van der Waals surface area contributed by atoms with E-state index in [1.807, 2.05) is 0 Å². The van der Waals surface area contributed by atoms with Crippen LogP contribution in [-0.4, -0.2) is 44.2 Å². The summed E-state index contributed by atoms with van der Waals surface area (Å²) in [5.41, 5.74) is -1.33. The van der Waals surface area contributed by atoms with Gasteiger partial charge in [-0.05, 0) is 38.2 Å². The summed E-state index contributed by atoms with van der Waals surface area (Å²) in [6.45, 7) is 2.15. The van der Waals surface area contributed by atoms with Crippen LogP contribution < -0.4 is 0 Å². The maximum absolute atomic E-state index is 12.7. The summed E-state index contributed by atoms with van der Waals surface area (Å²) < 4.78 is 28.5. The minimum atomic E-state index is -3.69. The van der Waals surface area contributed by atoms with Gasteiger partial charge in [0.2, 0.25) is 5.78 Å². The lowest BCUT2D eigenvalue weighted by molar-refractivity contribution is -0.140. The van der Waals surface area contributed by atoms with Gasteiger partial charge in [-0.1, -0.05) is 51.5 Å². The van der Waals surface area contributed by atoms with Crippen molar-refractivity contribution >= 4 is 21.6 Å². The number of methoxy groups -OCH3 is 1. The van der Waals surface area contributed by atoms with Crippen molar-refractivity contribution in [2.75, 3.05) is 13.4 Å². The van der Waals surface area contributed by atoms with Gasteiger partial charge in [0.1, 0.15) is 10.5 Å². The standard InChI is InChI=1S/C22H36O6S/c1-4-5-6-7-10-13-16-22(25)17-19(29(3,26)27)21(24)18(22)14-11-8-9-12-15-20(23)28-2/h14,17,25H,4-13,15-16H2,1-3H3/b18-14+. The Morgan fingerprint density at radius 1 is 1.10 bits per heavy atom. The second-order valence-corrected chi connectivity index (χ2v) is 9.83. The summed E-state index contributed by atoms with van der Waals surface area (Å²) in [5, 5.41) is 11.1. The molecule has 1 aliphatic carbocycles. The number of carbonyl (C=O) groups excluding carboxylic acids is 2. The average Bonchev–Trinajstić information content (AvgIpc) is 2.92. The molecule has 166 valence electrons. The van der Waals surface area contributed by atoms with Crippen LogP contribution in [0.5, 0.6) is 0 Å². The van der Waals surface area contributed by atoms with Crippen LogP contribution >= 0.6 is 0 Å². The van der Waals surface area contributed by atoms with E-state index in [2.05, 4.69) is 11.7 Å². The summed E-state index contributed by atoms with van der Waals surface area (Å²) in [5.74, 6) is -0.833. The fraction of sp³-hybridized carbons (Fsp3) is 0.727. The zero-order valence-electron chi connectivity index (χ0n) is 18.0. The van der Waals surface area contributed by atoms with Crippen molar-refractivity contribution < 1.29 is 27.9 Å². The summed E-state index contributed by atoms with van der Waals surface area (Å²) >= 11 is 0. The smallest absolute Gasteiger partial charge is 0.305 e. The van der Waals surface area contributed by atoms with E-state index in [0.717, 1.165) is 51.2 Å². The van der Waals surface area contributed by atoms with Crippen LogP contribution in [0.4, 0.5) is 0 Å². The number of ketones is 1. The van der Waals surface area contributed by atoms with E-state index in [-0.39, 0.29) is 16.4 Å². The van der Waals surface area contributed by atoms with Gasteiger partial charge in [-0.15, -0.1) is 0 Å². The Labute approximate surface area is 175 Å². The fourth-order valence-electron chi connectivity index (χ4n) is 3.55. The Morgan fingerprint density at radius 2 is 1.72 bits per heavy atom. The molecule has 0 bridgehead atoms. The third-order valence-electron chi connectivity index (χ3n) is 5.28. The molecule has 0 aromatic rings. The molecule has 0 aromatic heterocycles. The average molecular weight is 429 g/mol. The molecule has 0 saturated heterocycles. The number of rotatable bonds is 14. The highest BCUT2D eigenvalue weighted by Gasteiger charge is 2.44. The number of hydrogen-bond donors (Lipinski definition) is 1. The lowest BCUT2D eigenvalue weighted by Crippen LogP contribution is -2.28. The number of sulfone groups is 1. The third kappa shape index (κ3) is 8.42. The largest absolute Gasteiger partial charge is 0.469 e. The van der Waals surface area contributed by atoms with E-state index in [1.165, 1.54) is 19.6 Å². The molecule has 1 rings (SSSR count). The molecular weight excluding hydrogens is 392 g/mol. The van der Waals surface area contributed by atoms with Gasteiger partial charge < -0.3 is 9.84 Å². The van der Waals surface area contributed by atoms with Crippen molar-refractivity contribution in [3.63, 3.8) is 0 Å². The van der Waals surface area contributed by atoms with Gasteiger partial charge in [0.05, 0.1) is 7.11 Å². The summed E-state index contributed by atoms with van der Waals surface area (Å²) in [4.78, 5) is 23.5. The molecule has 0 spiro atoms. The number of aliphatic hydroxyl groups is 1. The zero-order valence-corrected chi connectivity index (χ0v) is 18.9. The van der Waals surface area contributed by atoms with Crippen molar-refractivity contribution in [1.82, 2.24) is 0 Å². The highest BCUT2D eigenvalue weighted by atomic mass is 32.2. The Kier molecular flexibility index (Phi) is 10.8. The van der Waals surface area contributed by atoms with E-state index in [0.29, 0.717) is 25.7 Å². The Morgan fingerprint density at radius 3 is 2.34 bits per heavy atom. The second kappa shape index (κ2) is 12.3. The van der Waals surface area contributed by atoms with Crippen LogP contribution in [0.15, 0.2) is 22.6 Å². The first kappa shape index (κ1) is 25.6. The Bertz CT molecular complexity index is 720. The number of Topliss-reactive ketones (excluding diaryl/α,β-unsaturated/α-hetero) is 1. The Balaban J connectivity index is 2.72. The number of allylic oxidation sites excluding steroid dienone is 2. The molecule has 6 nitrogen and oxygen atoms in total. The van der Waals surface area contributed by atoms with Gasteiger partial charge >= 0.3 is 5.97 Å². The first-order chi connectivity index (χ1) is 13.7. The van der Waals surface area contributed by atoms with Gasteiger partial charge in [-0.2, -0.15) is 0 Å². The van der Waals surface area contributed by atoms with Crippen molar-refractivity contribution in [3.05, 3.63) is 22.6 Å². The van der Waals surface area contributed by atoms with Crippen LogP contribution in [0.1, 0.15) is 84.0 Å². The molecule has 1 atom stereocenters. The second-order valence-electron chi connectivity index (χ2n) is 7.85. The highest BCUT2D eigenvalue weighted by Crippen LogP contribution is 2.37. The van der Waals surface area contributed by atoms with E-state index in [1.54, 1.807) is 6.08 Å². The van der Waals surface area contributed by atoms with Gasteiger partial charge in [0.25, 0.3) is 0 Å². The lowest BCUT2D eigenvalue weighted by Gasteiger charge is -2.22. The SMILES string of the molecule is CCCCCCCCC1(O)C=C(S(C)(=O)=O)C(=O)/C1=C\CCCCCC(=O)OC. The highest BCUT2D eigenvalue weighted by molar-refractivity contribution is 7.95. The van der Waals surface area contributed by atoms with Gasteiger partial charge in [0.15, 0.2) is 9.84 Å². The summed E-state index contributed by atoms with van der Waals surface area (Å²) in [7, 11) is -2.33. The van der Waals surface area contributed by atoms with Gasteiger partial charge in [-0.25, -0.2) is 8.42 Å². The maximum Gasteiger partial charge on any atom is 0.305 e. The normalized spacial score (nSPS) is 20.9. The number of hydrogen-bond acceptors (Lipinski definition) is 6. The first-order valence-corrected chi connectivity index (χ1v) is 12.5. The van der Waals surface area contributed by atoms with Crippen LogP contribution in [0.2, 0.25) is 0 Å². The molecule has 0 aliphatic heterocycles. The van der Waals surface area contributed by atoms with Crippen molar-refractivity contribution in [1.29, 1.82) is 0 Å². The van der Waals surface area contributed by atoms with Crippen molar-refractivity contribution in [2.45, 2.75) is 89.6 Å². The van der Waals surface area contributed by atoms with Crippen LogP contribution in [0.3, 0.4) is 0 Å². The van der Waals surface area contributed by atoms with E-state index >= 15 is 0 Å². The monoisotopic (exact) mass is 428 g/mol. The molecule has 0 aromatic carbocycles. The minimum absolute atomic E-state index is 0.180. The van der Waals surface area contributed by atoms with E-state index in [9.17, 15) is 23.1 Å². The first-order valence-electron chi connectivity index (χ1n) is 10.6. The van der Waals surface area contributed by atoms with Gasteiger partial charge in [0, 0.05) is 18.2 Å². The predicted octanol–water partition coefficient (Wildman–Crippen LogP) is 4.03. The number of ether oxygens (including phenoxy) is 1. The molecule has 7 heteroatoms. The Hall–Kier alpha value is -1.47. The lowest BCUT2D eigenvalue weighted by atomic mass is 9.89. The van der Waals surface area contributed by atoms with Crippen LogP contribution in [0.25, 0.3) is 0 Å². The molecular formula is C22H36O6S. The number of unbranched alkanes of at least 4 members (excludes halogenated alkanes) is 8. The van der Waals surface area contributed by atoms with Crippen molar-refractivity contribution in [3.8, 4) is 0 Å². The molecule has 0 amide bonds. The molecule has 1 unspecified atom stereocenters. The molecule has 0 saturated carbocycles. The molecule has 1 N–H and O–H groups in total. The zero-order chi connectivity index (χ0) is 21.9. The fourth-order valence-corrected chi connectivity index (χ4v) is 4.41. The summed E-state index contributed by atoms with van der Waals surface area (Å²) in [6.07, 6.45) is 13.6. The molecule has 29 heavy (non-hydrogen) atoms. The topological polar surface area (TPSA) is 97.7 Å². The van der Waals surface area contributed by atoms with Crippen LogP contribution in [-0.2, 0) is 24.2 Å². The molecule has 1 aliphatic rings. The third-order valence-corrected chi connectivity index (χ3v) is 6.38. The van der Waals surface area contributed by atoms with E-state index in [4.69, 9.17) is 0 Å².